The number of hydrogen-bond donors (Lipinski definition) is 1. The Morgan fingerprint density at radius 3 is 2.78 bits per heavy atom. The minimum atomic E-state index is -0.492. The number of anilines is 1. The fourth-order valence-corrected chi connectivity index (χ4v) is 3.68. The Morgan fingerprint density at radius 1 is 1.30 bits per heavy atom. The van der Waals surface area contributed by atoms with Crippen molar-refractivity contribution in [3.63, 3.8) is 0 Å². The molecule has 0 unspecified atom stereocenters. The van der Waals surface area contributed by atoms with Crippen molar-refractivity contribution in [1.29, 1.82) is 0 Å². The third-order valence-corrected chi connectivity index (χ3v) is 5.00. The largest absolute Gasteiger partial charge is 0.465 e. The first-order chi connectivity index (χ1) is 13.0. The molecule has 0 atom stereocenters. The quantitative estimate of drug-likeness (QED) is 0.621. The average molecular weight is 388 g/mol. The predicted molar refractivity (Wildman–Crippen MR) is 102 cm³/mol. The molecule has 0 aliphatic carbocycles. The van der Waals surface area contributed by atoms with Crippen LogP contribution in [0.5, 0.6) is 0 Å². The van der Waals surface area contributed by atoms with Crippen LogP contribution >= 0.6 is 11.3 Å². The first-order valence-corrected chi connectivity index (χ1v) is 9.22. The minimum Gasteiger partial charge on any atom is -0.465 e. The van der Waals surface area contributed by atoms with Gasteiger partial charge in [0, 0.05) is 24.4 Å². The number of fused-ring (bicyclic) bond motifs is 1. The van der Waals surface area contributed by atoms with Crippen molar-refractivity contribution < 1.29 is 18.8 Å². The first kappa shape index (κ1) is 19.0. The Morgan fingerprint density at radius 2 is 2.11 bits per heavy atom. The van der Waals surface area contributed by atoms with E-state index >= 15 is 0 Å². The lowest BCUT2D eigenvalue weighted by molar-refractivity contribution is -0.115. The SMILES string of the molecule is CCC(=O)Nc1c(C(=O)OC)sc2nc(CN(C)Cc3ccno3)ccc12. The Balaban J connectivity index is 1.88. The van der Waals surface area contributed by atoms with Gasteiger partial charge in [0.25, 0.3) is 0 Å². The number of nitrogens with zero attached hydrogens (tertiary/aromatic N) is 3. The molecule has 3 heterocycles. The fraction of sp³-hybridized carbons (Fsp3) is 0.333. The van der Waals surface area contributed by atoms with E-state index in [1.54, 1.807) is 13.1 Å². The maximum atomic E-state index is 12.1. The van der Waals surface area contributed by atoms with Crippen LogP contribution in [0.15, 0.2) is 28.9 Å². The van der Waals surface area contributed by atoms with Gasteiger partial charge >= 0.3 is 5.97 Å². The van der Waals surface area contributed by atoms with Gasteiger partial charge in [-0.05, 0) is 19.2 Å². The van der Waals surface area contributed by atoms with Gasteiger partial charge in [0.1, 0.15) is 9.71 Å². The molecule has 0 fully saturated rings. The summed E-state index contributed by atoms with van der Waals surface area (Å²) in [6.45, 7) is 2.95. The molecule has 27 heavy (non-hydrogen) atoms. The van der Waals surface area contributed by atoms with Gasteiger partial charge in [-0.1, -0.05) is 12.1 Å². The Kier molecular flexibility index (Phi) is 5.82. The number of thiophene rings is 1. The van der Waals surface area contributed by atoms with Crippen molar-refractivity contribution in [2.75, 3.05) is 19.5 Å². The summed E-state index contributed by atoms with van der Waals surface area (Å²) in [6.07, 6.45) is 1.93. The van der Waals surface area contributed by atoms with Crippen molar-refractivity contribution in [3.8, 4) is 0 Å². The molecule has 9 heteroatoms. The van der Waals surface area contributed by atoms with E-state index in [1.807, 2.05) is 30.1 Å². The summed E-state index contributed by atoms with van der Waals surface area (Å²) in [7, 11) is 3.27. The van der Waals surface area contributed by atoms with E-state index in [-0.39, 0.29) is 5.91 Å². The summed E-state index contributed by atoms with van der Waals surface area (Å²) in [5.41, 5.74) is 1.30. The fourth-order valence-electron chi connectivity index (χ4n) is 2.62. The summed E-state index contributed by atoms with van der Waals surface area (Å²) in [5, 5.41) is 7.21. The normalized spacial score (nSPS) is 11.1. The molecule has 3 rings (SSSR count). The van der Waals surface area contributed by atoms with E-state index in [0.717, 1.165) is 16.8 Å². The number of methoxy groups -OCH3 is 1. The van der Waals surface area contributed by atoms with Gasteiger partial charge in [-0.2, -0.15) is 0 Å². The van der Waals surface area contributed by atoms with Gasteiger partial charge < -0.3 is 14.6 Å². The molecule has 0 radical (unpaired) electrons. The number of carbonyl (C=O) groups is 2. The predicted octanol–water partition coefficient (Wildman–Crippen LogP) is 3.05. The molecule has 0 saturated carbocycles. The van der Waals surface area contributed by atoms with Gasteiger partial charge in [0.15, 0.2) is 5.76 Å². The zero-order chi connectivity index (χ0) is 19.4. The maximum Gasteiger partial charge on any atom is 0.350 e. The number of hydrogen-bond acceptors (Lipinski definition) is 8. The van der Waals surface area contributed by atoms with E-state index in [0.29, 0.717) is 34.9 Å². The number of rotatable bonds is 7. The second-order valence-corrected chi connectivity index (χ2v) is 7.00. The first-order valence-electron chi connectivity index (χ1n) is 8.40. The molecule has 1 amide bonds. The third-order valence-electron chi connectivity index (χ3n) is 3.92. The van der Waals surface area contributed by atoms with Gasteiger partial charge in [0.2, 0.25) is 5.91 Å². The van der Waals surface area contributed by atoms with Crippen LogP contribution < -0.4 is 5.32 Å². The molecule has 1 N–H and O–H groups in total. The molecule has 3 aromatic heterocycles. The summed E-state index contributed by atoms with van der Waals surface area (Å²) in [4.78, 5) is 31.7. The van der Waals surface area contributed by atoms with E-state index in [4.69, 9.17) is 9.26 Å². The Hall–Kier alpha value is -2.78. The summed E-state index contributed by atoms with van der Waals surface area (Å²) in [5.74, 6) is 0.108. The Labute approximate surface area is 160 Å². The zero-order valence-corrected chi connectivity index (χ0v) is 16.1. The molecule has 0 saturated heterocycles. The molecule has 142 valence electrons. The maximum absolute atomic E-state index is 12.1. The van der Waals surface area contributed by atoms with E-state index in [1.165, 1.54) is 18.4 Å². The lowest BCUT2D eigenvalue weighted by Gasteiger charge is -2.14. The summed E-state index contributed by atoms with van der Waals surface area (Å²) < 4.78 is 9.96. The number of aromatic nitrogens is 2. The van der Waals surface area contributed by atoms with Crippen LogP contribution in [0, 0.1) is 0 Å². The highest BCUT2D eigenvalue weighted by molar-refractivity contribution is 7.21. The number of ether oxygens (including phenoxy) is 1. The van der Waals surface area contributed by atoms with Gasteiger partial charge in [0.05, 0.1) is 31.2 Å². The number of esters is 1. The van der Waals surface area contributed by atoms with Crippen LogP contribution in [-0.4, -0.2) is 41.1 Å². The highest BCUT2D eigenvalue weighted by atomic mass is 32.1. The molecule has 3 aromatic rings. The van der Waals surface area contributed by atoms with Crippen molar-refractivity contribution in [3.05, 3.63) is 40.7 Å². The molecule has 0 aliphatic heterocycles. The van der Waals surface area contributed by atoms with Crippen LogP contribution in [0.2, 0.25) is 0 Å². The van der Waals surface area contributed by atoms with Crippen molar-refractivity contribution >= 4 is 39.1 Å². The topological polar surface area (TPSA) is 97.6 Å². The summed E-state index contributed by atoms with van der Waals surface area (Å²) >= 11 is 1.21. The zero-order valence-electron chi connectivity index (χ0n) is 15.3. The lowest BCUT2D eigenvalue weighted by atomic mass is 10.2. The second-order valence-electron chi connectivity index (χ2n) is 6.01. The lowest BCUT2D eigenvalue weighted by Crippen LogP contribution is -2.17. The third kappa shape index (κ3) is 4.32. The molecular weight excluding hydrogens is 368 g/mol. The van der Waals surface area contributed by atoms with Crippen molar-refractivity contribution in [2.45, 2.75) is 26.4 Å². The smallest absolute Gasteiger partial charge is 0.350 e. The highest BCUT2D eigenvalue weighted by Gasteiger charge is 2.21. The van der Waals surface area contributed by atoms with Gasteiger partial charge in [-0.3, -0.25) is 9.69 Å². The molecular formula is C18H20N4O4S. The number of pyridine rings is 1. The highest BCUT2D eigenvalue weighted by Crippen LogP contribution is 2.35. The molecule has 8 nitrogen and oxygen atoms in total. The van der Waals surface area contributed by atoms with Crippen molar-refractivity contribution in [2.24, 2.45) is 0 Å². The monoisotopic (exact) mass is 388 g/mol. The van der Waals surface area contributed by atoms with Crippen LogP contribution in [0.4, 0.5) is 5.69 Å². The van der Waals surface area contributed by atoms with Gasteiger partial charge in [-0.15, -0.1) is 11.3 Å². The summed E-state index contributed by atoms with van der Waals surface area (Å²) in [6, 6.07) is 5.57. The number of amides is 1. The number of carbonyl (C=O) groups excluding carboxylic acids is 2. The van der Waals surface area contributed by atoms with E-state index in [9.17, 15) is 9.59 Å². The molecule has 0 aliphatic rings. The molecule has 0 bridgehead atoms. The van der Waals surface area contributed by atoms with E-state index < -0.39 is 5.97 Å². The van der Waals surface area contributed by atoms with Crippen LogP contribution in [0.1, 0.15) is 34.5 Å². The molecule has 0 aromatic carbocycles. The number of nitrogens with one attached hydrogen (secondary N) is 1. The van der Waals surface area contributed by atoms with Crippen molar-refractivity contribution in [1.82, 2.24) is 15.0 Å². The van der Waals surface area contributed by atoms with E-state index in [2.05, 4.69) is 15.5 Å². The second kappa shape index (κ2) is 8.28. The van der Waals surface area contributed by atoms with Crippen LogP contribution in [-0.2, 0) is 22.6 Å². The standard InChI is InChI=1S/C18H20N4O4S/c1-4-14(23)21-15-13-6-5-11(9-22(2)10-12-7-8-19-26-12)20-17(13)27-16(15)18(24)25-3/h5-8H,4,9-10H2,1-3H3,(H,21,23). The average Bonchev–Trinajstić information content (AvgIpc) is 3.28. The van der Waals surface area contributed by atoms with Crippen LogP contribution in [0.3, 0.4) is 0 Å². The van der Waals surface area contributed by atoms with Crippen LogP contribution in [0.25, 0.3) is 10.2 Å². The molecule has 0 spiro atoms. The minimum absolute atomic E-state index is 0.171. The van der Waals surface area contributed by atoms with Gasteiger partial charge in [-0.25, -0.2) is 9.78 Å². The Bertz CT molecular complexity index is 952.